The van der Waals surface area contributed by atoms with Crippen molar-refractivity contribution in [1.29, 1.82) is 0 Å². The van der Waals surface area contributed by atoms with E-state index in [4.69, 9.17) is 9.84 Å². The van der Waals surface area contributed by atoms with Gasteiger partial charge in [0.25, 0.3) is 0 Å². The van der Waals surface area contributed by atoms with Crippen LogP contribution < -0.4 is 0 Å². The fourth-order valence-electron chi connectivity index (χ4n) is 2.29. The van der Waals surface area contributed by atoms with E-state index in [0.29, 0.717) is 6.42 Å². The molecule has 3 heteroatoms. The van der Waals surface area contributed by atoms with Crippen molar-refractivity contribution in [2.24, 2.45) is 0 Å². The summed E-state index contributed by atoms with van der Waals surface area (Å²) >= 11 is 0. The molecule has 2 aliphatic rings. The quantitative estimate of drug-likeness (QED) is 0.651. The molecule has 0 aromatic heterocycles. The largest absolute Gasteiger partial charge is 0.394 e. The van der Waals surface area contributed by atoms with Crippen LogP contribution in [0.1, 0.15) is 32.1 Å². The van der Waals surface area contributed by atoms with Gasteiger partial charge in [-0.05, 0) is 31.3 Å². The Bertz CT molecular complexity index is 225. The first-order chi connectivity index (χ1) is 6.81. The van der Waals surface area contributed by atoms with Gasteiger partial charge >= 0.3 is 0 Å². The molecule has 3 atom stereocenters. The molecule has 80 valence electrons. The molecule has 0 bridgehead atoms. The number of aliphatic hydroxyl groups is 2. The van der Waals surface area contributed by atoms with Crippen LogP contribution in [0.4, 0.5) is 0 Å². The standard InChI is InChI=1S/C11H18O3/c12-7-11-9(13)6-10(14-11)8-4-2-1-3-5-8/h4,9-13H,1-3,5-7H2/t9-,10-,11-/m1/s1. The van der Waals surface area contributed by atoms with Crippen LogP contribution in [0, 0.1) is 0 Å². The van der Waals surface area contributed by atoms with Crippen molar-refractivity contribution >= 4 is 0 Å². The number of hydrogen-bond acceptors (Lipinski definition) is 3. The highest BCUT2D eigenvalue weighted by Gasteiger charge is 2.35. The topological polar surface area (TPSA) is 49.7 Å². The Morgan fingerprint density at radius 3 is 2.86 bits per heavy atom. The molecule has 1 aliphatic carbocycles. The normalized spacial score (nSPS) is 38.4. The third-order valence-electron chi connectivity index (χ3n) is 3.14. The highest BCUT2D eigenvalue weighted by Crippen LogP contribution is 2.30. The molecule has 0 aromatic carbocycles. The second kappa shape index (κ2) is 4.43. The van der Waals surface area contributed by atoms with Crippen molar-refractivity contribution < 1.29 is 14.9 Å². The molecule has 1 fully saturated rings. The summed E-state index contributed by atoms with van der Waals surface area (Å²) in [5.41, 5.74) is 1.33. The lowest BCUT2D eigenvalue weighted by Crippen LogP contribution is -2.24. The van der Waals surface area contributed by atoms with Gasteiger partial charge in [-0.3, -0.25) is 0 Å². The summed E-state index contributed by atoms with van der Waals surface area (Å²) in [6.07, 6.45) is 6.80. The van der Waals surface area contributed by atoms with Gasteiger partial charge in [-0.2, -0.15) is 0 Å². The van der Waals surface area contributed by atoms with Gasteiger partial charge in [0.2, 0.25) is 0 Å². The molecule has 0 spiro atoms. The zero-order valence-corrected chi connectivity index (χ0v) is 8.35. The fourth-order valence-corrected chi connectivity index (χ4v) is 2.29. The molecular weight excluding hydrogens is 180 g/mol. The molecule has 2 N–H and O–H groups in total. The molecule has 14 heavy (non-hydrogen) atoms. The molecule has 0 aromatic rings. The molecular formula is C11H18O3. The Balaban J connectivity index is 1.96. The zero-order chi connectivity index (χ0) is 9.97. The predicted octanol–water partition coefficient (Wildman–Crippen LogP) is 0.998. The maximum atomic E-state index is 9.58. The van der Waals surface area contributed by atoms with Crippen LogP contribution in [0.2, 0.25) is 0 Å². The molecule has 0 radical (unpaired) electrons. The van der Waals surface area contributed by atoms with Crippen LogP contribution in [-0.4, -0.2) is 35.1 Å². The summed E-state index contributed by atoms with van der Waals surface area (Å²) in [7, 11) is 0. The van der Waals surface area contributed by atoms with Gasteiger partial charge in [-0.15, -0.1) is 0 Å². The van der Waals surface area contributed by atoms with E-state index in [1.165, 1.54) is 18.4 Å². The van der Waals surface area contributed by atoms with Gasteiger partial charge in [0.1, 0.15) is 6.10 Å². The lowest BCUT2D eigenvalue weighted by atomic mass is 9.93. The van der Waals surface area contributed by atoms with E-state index in [9.17, 15) is 5.11 Å². The number of rotatable bonds is 2. The highest BCUT2D eigenvalue weighted by atomic mass is 16.5. The zero-order valence-electron chi connectivity index (χ0n) is 8.35. The maximum Gasteiger partial charge on any atom is 0.107 e. The first-order valence-electron chi connectivity index (χ1n) is 5.44. The van der Waals surface area contributed by atoms with Crippen LogP contribution in [0.25, 0.3) is 0 Å². The second-order valence-electron chi connectivity index (χ2n) is 4.17. The Hall–Kier alpha value is -0.380. The van der Waals surface area contributed by atoms with Crippen molar-refractivity contribution in [2.75, 3.05) is 6.61 Å². The summed E-state index contributed by atoms with van der Waals surface area (Å²) < 4.78 is 5.59. The molecule has 0 unspecified atom stereocenters. The van der Waals surface area contributed by atoms with E-state index in [1.807, 2.05) is 0 Å². The van der Waals surface area contributed by atoms with E-state index in [0.717, 1.165) is 12.8 Å². The van der Waals surface area contributed by atoms with Crippen LogP contribution in [-0.2, 0) is 4.74 Å². The minimum Gasteiger partial charge on any atom is -0.394 e. The van der Waals surface area contributed by atoms with E-state index in [2.05, 4.69) is 6.08 Å². The van der Waals surface area contributed by atoms with Gasteiger partial charge in [-0.1, -0.05) is 6.08 Å². The average Bonchev–Trinajstić information content (AvgIpc) is 2.61. The van der Waals surface area contributed by atoms with Gasteiger partial charge in [0.05, 0.1) is 18.8 Å². The van der Waals surface area contributed by atoms with Crippen LogP contribution in [0.5, 0.6) is 0 Å². The average molecular weight is 198 g/mol. The molecule has 0 saturated carbocycles. The molecule has 3 nitrogen and oxygen atoms in total. The Kier molecular flexibility index (Phi) is 3.21. The van der Waals surface area contributed by atoms with Crippen molar-refractivity contribution in [3.05, 3.63) is 11.6 Å². The third-order valence-corrected chi connectivity index (χ3v) is 3.14. The van der Waals surface area contributed by atoms with Gasteiger partial charge in [-0.25, -0.2) is 0 Å². The number of hydrogen-bond donors (Lipinski definition) is 2. The lowest BCUT2D eigenvalue weighted by Gasteiger charge is -2.18. The molecule has 1 heterocycles. The summed E-state index contributed by atoms with van der Waals surface area (Å²) in [6.45, 7) is -0.0784. The molecule has 1 saturated heterocycles. The van der Waals surface area contributed by atoms with Crippen molar-refractivity contribution in [2.45, 2.75) is 50.4 Å². The Labute approximate surface area is 84.4 Å². The fraction of sp³-hybridized carbons (Fsp3) is 0.818. The Morgan fingerprint density at radius 2 is 2.29 bits per heavy atom. The summed E-state index contributed by atoms with van der Waals surface area (Å²) in [6, 6.07) is 0. The smallest absolute Gasteiger partial charge is 0.107 e. The summed E-state index contributed by atoms with van der Waals surface area (Å²) in [5.74, 6) is 0. The summed E-state index contributed by atoms with van der Waals surface area (Å²) in [4.78, 5) is 0. The first-order valence-corrected chi connectivity index (χ1v) is 5.44. The number of allylic oxidation sites excluding steroid dienone is 1. The van der Waals surface area contributed by atoms with Crippen LogP contribution >= 0.6 is 0 Å². The minimum absolute atomic E-state index is 0.0578. The number of ether oxygens (including phenoxy) is 1. The predicted molar refractivity (Wildman–Crippen MR) is 52.9 cm³/mol. The van der Waals surface area contributed by atoms with Gasteiger partial charge in [0, 0.05) is 6.42 Å². The van der Waals surface area contributed by atoms with E-state index in [1.54, 1.807) is 0 Å². The molecule has 0 amide bonds. The third kappa shape index (κ3) is 2.00. The molecule has 2 rings (SSSR count). The first kappa shape index (κ1) is 10.1. The monoisotopic (exact) mass is 198 g/mol. The van der Waals surface area contributed by atoms with Crippen LogP contribution in [0.3, 0.4) is 0 Å². The van der Waals surface area contributed by atoms with Gasteiger partial charge < -0.3 is 14.9 Å². The minimum atomic E-state index is -0.493. The van der Waals surface area contributed by atoms with Crippen molar-refractivity contribution in [1.82, 2.24) is 0 Å². The van der Waals surface area contributed by atoms with Crippen LogP contribution in [0.15, 0.2) is 11.6 Å². The van der Waals surface area contributed by atoms with E-state index >= 15 is 0 Å². The van der Waals surface area contributed by atoms with Gasteiger partial charge in [0.15, 0.2) is 0 Å². The van der Waals surface area contributed by atoms with Crippen molar-refractivity contribution in [3.8, 4) is 0 Å². The SMILES string of the molecule is OC[C@H]1O[C@@H](C2=CCCCC2)C[C@H]1O. The summed E-state index contributed by atoms with van der Waals surface area (Å²) in [5, 5.41) is 18.5. The maximum absolute atomic E-state index is 9.58. The second-order valence-corrected chi connectivity index (χ2v) is 4.17. The highest BCUT2D eigenvalue weighted by molar-refractivity contribution is 5.13. The van der Waals surface area contributed by atoms with E-state index in [-0.39, 0.29) is 18.8 Å². The van der Waals surface area contributed by atoms with E-state index < -0.39 is 6.10 Å². The lowest BCUT2D eigenvalue weighted by molar-refractivity contribution is -0.0140. The molecule has 1 aliphatic heterocycles. The number of aliphatic hydroxyl groups excluding tert-OH is 2. The Morgan fingerprint density at radius 1 is 1.43 bits per heavy atom. The van der Waals surface area contributed by atoms with Crippen molar-refractivity contribution in [3.63, 3.8) is 0 Å².